The van der Waals surface area contributed by atoms with Gasteiger partial charge in [0.1, 0.15) is 0 Å². The molecule has 1 atom stereocenters. The van der Waals surface area contributed by atoms with Crippen LogP contribution in [-0.4, -0.2) is 11.1 Å². The molecule has 0 bridgehead atoms. The second-order valence-electron chi connectivity index (χ2n) is 3.67. The van der Waals surface area contributed by atoms with Crippen molar-refractivity contribution in [3.63, 3.8) is 0 Å². The summed E-state index contributed by atoms with van der Waals surface area (Å²) in [4.78, 5) is 10.5. The Morgan fingerprint density at radius 2 is 2.38 bits per heavy atom. The molecule has 1 aromatic heterocycles. The molecule has 2 nitrogen and oxygen atoms in total. The maximum atomic E-state index is 10.5. The lowest BCUT2D eigenvalue weighted by molar-refractivity contribution is -0.137. The van der Waals surface area contributed by atoms with Gasteiger partial charge in [0, 0.05) is 6.42 Å². The van der Waals surface area contributed by atoms with Crippen molar-refractivity contribution in [3.8, 4) is 0 Å². The maximum Gasteiger partial charge on any atom is 0.303 e. The fourth-order valence-electron chi connectivity index (χ4n) is 1.71. The van der Waals surface area contributed by atoms with Crippen LogP contribution in [0.15, 0.2) is 6.07 Å². The zero-order valence-corrected chi connectivity index (χ0v) is 12.7. The van der Waals surface area contributed by atoms with Crippen LogP contribution in [-0.2, 0) is 4.79 Å². The maximum absolute atomic E-state index is 10.5. The first kappa shape index (κ1) is 14.3. The molecule has 0 amide bonds. The van der Waals surface area contributed by atoms with Crippen LogP contribution in [0.2, 0.25) is 4.34 Å². The molecule has 90 valence electrons. The molecule has 16 heavy (non-hydrogen) atoms. The van der Waals surface area contributed by atoms with Crippen molar-refractivity contribution < 1.29 is 9.90 Å². The van der Waals surface area contributed by atoms with Gasteiger partial charge in [-0.1, -0.05) is 18.5 Å². The first-order valence-electron chi connectivity index (χ1n) is 5.21. The Labute approximate surface area is 118 Å². The number of carboxylic acid groups (broad SMARTS) is 1. The Balaban J connectivity index is 2.60. The summed E-state index contributed by atoms with van der Waals surface area (Å²) in [5.41, 5.74) is 1.18. The second-order valence-corrected chi connectivity index (χ2v) is 7.22. The van der Waals surface area contributed by atoms with E-state index in [0.717, 1.165) is 23.6 Å². The monoisotopic (exact) mass is 372 g/mol. The summed E-state index contributed by atoms with van der Waals surface area (Å²) in [7, 11) is 0. The Kier molecular flexibility index (Phi) is 6.07. The van der Waals surface area contributed by atoms with Crippen LogP contribution in [0.25, 0.3) is 0 Å². The van der Waals surface area contributed by atoms with Gasteiger partial charge in [0.2, 0.25) is 0 Å². The topological polar surface area (TPSA) is 37.3 Å². The third-order valence-electron chi connectivity index (χ3n) is 2.56. The van der Waals surface area contributed by atoms with Crippen LogP contribution < -0.4 is 0 Å². The van der Waals surface area contributed by atoms with E-state index in [4.69, 9.17) is 16.7 Å². The minimum atomic E-state index is -0.721. The van der Waals surface area contributed by atoms with Crippen LogP contribution >= 0.6 is 45.5 Å². The third-order valence-corrected chi connectivity index (χ3v) is 4.71. The molecule has 0 saturated carbocycles. The zero-order chi connectivity index (χ0) is 12.1. The second kappa shape index (κ2) is 6.81. The SMILES string of the molecule is CCC(CCCC(=O)O)c1cc(I)sc1Cl. The lowest BCUT2D eigenvalue weighted by Crippen LogP contribution is -2.00. The first-order chi connectivity index (χ1) is 7.54. The number of hydrogen-bond donors (Lipinski definition) is 1. The van der Waals surface area contributed by atoms with Gasteiger partial charge in [0.25, 0.3) is 0 Å². The molecule has 0 aliphatic carbocycles. The highest BCUT2D eigenvalue weighted by atomic mass is 127. The van der Waals surface area contributed by atoms with Crippen LogP contribution in [0.5, 0.6) is 0 Å². The molecule has 1 rings (SSSR count). The van der Waals surface area contributed by atoms with Crippen molar-refractivity contribution in [2.45, 2.75) is 38.5 Å². The van der Waals surface area contributed by atoms with E-state index in [2.05, 4.69) is 35.6 Å². The Bertz CT molecular complexity index is 365. The van der Waals surface area contributed by atoms with E-state index in [1.54, 1.807) is 11.3 Å². The van der Waals surface area contributed by atoms with Crippen molar-refractivity contribution in [3.05, 3.63) is 18.9 Å². The minimum Gasteiger partial charge on any atom is -0.481 e. The van der Waals surface area contributed by atoms with Gasteiger partial charge in [-0.25, -0.2) is 0 Å². The molecule has 0 aromatic carbocycles. The molecule has 0 aliphatic rings. The summed E-state index contributed by atoms with van der Waals surface area (Å²) in [5.74, 6) is -0.326. The lowest BCUT2D eigenvalue weighted by Gasteiger charge is -2.13. The number of hydrogen-bond acceptors (Lipinski definition) is 2. The molecule has 1 aromatic rings. The lowest BCUT2D eigenvalue weighted by atomic mass is 9.93. The van der Waals surface area contributed by atoms with E-state index in [-0.39, 0.29) is 6.42 Å². The van der Waals surface area contributed by atoms with Crippen molar-refractivity contribution >= 4 is 51.5 Å². The summed E-state index contributed by atoms with van der Waals surface area (Å²) in [6.07, 6.45) is 2.87. The Morgan fingerprint density at radius 3 is 2.81 bits per heavy atom. The van der Waals surface area contributed by atoms with Crippen LogP contribution in [0.1, 0.15) is 44.1 Å². The molecule has 1 unspecified atom stereocenters. The van der Waals surface area contributed by atoms with Crippen LogP contribution in [0.4, 0.5) is 0 Å². The van der Waals surface area contributed by atoms with Gasteiger partial charge in [0.05, 0.1) is 7.22 Å². The first-order valence-corrected chi connectivity index (χ1v) is 7.48. The average molecular weight is 373 g/mol. The molecular weight excluding hydrogens is 359 g/mol. The predicted molar refractivity (Wildman–Crippen MR) is 76.6 cm³/mol. The minimum absolute atomic E-state index is 0.245. The molecule has 0 radical (unpaired) electrons. The van der Waals surface area contributed by atoms with Gasteiger partial charge in [0.15, 0.2) is 0 Å². The van der Waals surface area contributed by atoms with Crippen molar-refractivity contribution in [1.29, 1.82) is 0 Å². The Hall–Kier alpha value is 0.190. The fraction of sp³-hybridized carbons (Fsp3) is 0.545. The fourth-order valence-corrected chi connectivity index (χ4v) is 4.26. The zero-order valence-electron chi connectivity index (χ0n) is 9.00. The largest absolute Gasteiger partial charge is 0.481 e. The number of carboxylic acids is 1. The van der Waals surface area contributed by atoms with Crippen LogP contribution in [0, 0.1) is 2.88 Å². The van der Waals surface area contributed by atoms with Gasteiger partial charge in [-0.3, -0.25) is 4.79 Å². The average Bonchev–Trinajstić information content (AvgIpc) is 2.52. The van der Waals surface area contributed by atoms with E-state index in [1.165, 1.54) is 8.45 Å². The summed E-state index contributed by atoms with van der Waals surface area (Å²) in [6.45, 7) is 2.12. The van der Waals surface area contributed by atoms with Gasteiger partial charge in [-0.2, -0.15) is 0 Å². The van der Waals surface area contributed by atoms with E-state index in [1.807, 2.05) is 0 Å². The Morgan fingerprint density at radius 1 is 1.69 bits per heavy atom. The summed E-state index contributed by atoms with van der Waals surface area (Å²) in [5, 5.41) is 8.60. The highest BCUT2D eigenvalue weighted by Crippen LogP contribution is 2.37. The summed E-state index contributed by atoms with van der Waals surface area (Å²) >= 11 is 10.0. The standard InChI is InChI=1S/C11H14ClIO2S/c1-2-7(4-3-5-10(14)15)8-6-9(13)16-11(8)12/h6-7H,2-5H2,1H3,(H,14,15). The number of thiophene rings is 1. The van der Waals surface area contributed by atoms with E-state index in [9.17, 15) is 4.79 Å². The van der Waals surface area contributed by atoms with Crippen molar-refractivity contribution in [1.82, 2.24) is 0 Å². The molecule has 5 heteroatoms. The van der Waals surface area contributed by atoms with Crippen LogP contribution in [0.3, 0.4) is 0 Å². The highest BCUT2D eigenvalue weighted by molar-refractivity contribution is 14.1. The molecule has 1 N–H and O–H groups in total. The van der Waals surface area contributed by atoms with Gasteiger partial charge >= 0.3 is 5.97 Å². The van der Waals surface area contributed by atoms with E-state index >= 15 is 0 Å². The normalized spacial score (nSPS) is 12.7. The van der Waals surface area contributed by atoms with Gasteiger partial charge < -0.3 is 5.11 Å². The smallest absolute Gasteiger partial charge is 0.303 e. The van der Waals surface area contributed by atoms with Gasteiger partial charge in [-0.05, 0) is 59.4 Å². The number of halogens is 2. The van der Waals surface area contributed by atoms with Crippen molar-refractivity contribution in [2.24, 2.45) is 0 Å². The van der Waals surface area contributed by atoms with Crippen molar-refractivity contribution in [2.75, 3.05) is 0 Å². The quantitative estimate of drug-likeness (QED) is 0.731. The van der Waals surface area contributed by atoms with E-state index in [0.29, 0.717) is 5.92 Å². The molecule has 1 heterocycles. The number of rotatable bonds is 6. The van der Waals surface area contributed by atoms with E-state index < -0.39 is 5.97 Å². The molecule has 0 aliphatic heterocycles. The third kappa shape index (κ3) is 4.22. The molecule has 0 spiro atoms. The number of aliphatic carboxylic acids is 1. The predicted octanol–water partition coefficient (Wildman–Crippen LogP) is 4.75. The van der Waals surface area contributed by atoms with Gasteiger partial charge in [-0.15, -0.1) is 11.3 Å². The molecular formula is C11H14ClIO2S. The molecule has 0 fully saturated rings. The summed E-state index contributed by atoms with van der Waals surface area (Å²) in [6, 6.07) is 2.11. The molecule has 0 saturated heterocycles. The summed E-state index contributed by atoms with van der Waals surface area (Å²) < 4.78 is 2.04. The highest BCUT2D eigenvalue weighted by Gasteiger charge is 2.16. The number of carbonyl (C=O) groups is 1.